The molecule has 0 aliphatic rings. The molecule has 0 unspecified atom stereocenters. The van der Waals surface area contributed by atoms with Crippen LogP contribution in [-0.4, -0.2) is 37.9 Å². The standard InChI is InChI=1S/C10H18N2O/c1-9(11)5-6-10(2)13-8-7-12(3)4/h5-6,11H,2,7-8H2,1,3-4H3/b6-5-,11-9?. The van der Waals surface area contributed by atoms with Gasteiger partial charge in [-0.2, -0.15) is 0 Å². The van der Waals surface area contributed by atoms with Crippen LogP contribution in [0.15, 0.2) is 24.5 Å². The molecule has 0 aromatic rings. The van der Waals surface area contributed by atoms with Gasteiger partial charge in [-0.05, 0) is 33.2 Å². The molecule has 0 saturated heterocycles. The van der Waals surface area contributed by atoms with Crippen molar-refractivity contribution in [1.29, 1.82) is 5.41 Å². The number of allylic oxidation sites excluding steroid dienone is 2. The summed E-state index contributed by atoms with van der Waals surface area (Å²) in [6.07, 6.45) is 3.37. The van der Waals surface area contributed by atoms with Crippen LogP contribution >= 0.6 is 0 Å². The van der Waals surface area contributed by atoms with Crippen LogP contribution in [-0.2, 0) is 4.74 Å². The van der Waals surface area contributed by atoms with Crippen molar-refractivity contribution in [3.8, 4) is 0 Å². The zero-order valence-electron chi connectivity index (χ0n) is 8.63. The molecule has 3 nitrogen and oxygen atoms in total. The summed E-state index contributed by atoms with van der Waals surface area (Å²) in [7, 11) is 3.98. The zero-order valence-corrected chi connectivity index (χ0v) is 8.63. The molecule has 0 fully saturated rings. The van der Waals surface area contributed by atoms with Gasteiger partial charge in [0.15, 0.2) is 0 Å². The van der Waals surface area contributed by atoms with Gasteiger partial charge >= 0.3 is 0 Å². The SMILES string of the molecule is C=C(/C=C\C(C)=N)OCCN(C)C. The first-order valence-electron chi connectivity index (χ1n) is 4.22. The topological polar surface area (TPSA) is 36.3 Å². The first-order valence-corrected chi connectivity index (χ1v) is 4.22. The van der Waals surface area contributed by atoms with Gasteiger partial charge in [0.25, 0.3) is 0 Å². The maximum atomic E-state index is 7.14. The molecule has 0 aromatic carbocycles. The summed E-state index contributed by atoms with van der Waals surface area (Å²) in [5.41, 5.74) is 0.498. The summed E-state index contributed by atoms with van der Waals surface area (Å²) >= 11 is 0. The largest absolute Gasteiger partial charge is 0.493 e. The smallest absolute Gasteiger partial charge is 0.112 e. The molecule has 0 heterocycles. The van der Waals surface area contributed by atoms with E-state index in [-0.39, 0.29) is 0 Å². The fraction of sp³-hybridized carbons (Fsp3) is 0.500. The van der Waals surface area contributed by atoms with E-state index in [1.165, 1.54) is 0 Å². The lowest BCUT2D eigenvalue weighted by Gasteiger charge is -2.10. The molecule has 0 saturated carbocycles. The van der Waals surface area contributed by atoms with E-state index in [2.05, 4.69) is 6.58 Å². The van der Waals surface area contributed by atoms with Crippen LogP contribution in [0.1, 0.15) is 6.92 Å². The summed E-state index contributed by atoms with van der Waals surface area (Å²) < 4.78 is 5.28. The first kappa shape index (κ1) is 11.9. The van der Waals surface area contributed by atoms with Gasteiger partial charge in [-0.15, -0.1) is 0 Å². The van der Waals surface area contributed by atoms with Crippen LogP contribution in [0.2, 0.25) is 0 Å². The zero-order chi connectivity index (χ0) is 10.3. The van der Waals surface area contributed by atoms with Crippen molar-refractivity contribution in [2.45, 2.75) is 6.92 Å². The highest BCUT2D eigenvalue weighted by Crippen LogP contribution is 1.95. The number of hydrogen-bond acceptors (Lipinski definition) is 3. The van der Waals surface area contributed by atoms with Crippen LogP contribution < -0.4 is 0 Å². The Labute approximate surface area is 80.2 Å². The molecule has 0 atom stereocenters. The van der Waals surface area contributed by atoms with E-state index >= 15 is 0 Å². The third-order valence-corrected chi connectivity index (χ3v) is 1.35. The molecule has 1 N–H and O–H groups in total. The molecule has 0 radical (unpaired) electrons. The normalized spacial score (nSPS) is 10.8. The predicted molar refractivity (Wildman–Crippen MR) is 56.2 cm³/mol. The van der Waals surface area contributed by atoms with Crippen molar-refractivity contribution in [3.63, 3.8) is 0 Å². The van der Waals surface area contributed by atoms with Gasteiger partial charge in [-0.3, -0.25) is 0 Å². The summed E-state index contributed by atoms with van der Waals surface area (Å²) in [5, 5.41) is 7.14. The number of nitrogens with one attached hydrogen (secondary N) is 1. The quantitative estimate of drug-likeness (QED) is 0.385. The van der Waals surface area contributed by atoms with Gasteiger partial charge in [-0.25, -0.2) is 0 Å². The minimum atomic E-state index is 0.498. The summed E-state index contributed by atoms with van der Waals surface area (Å²) in [6, 6.07) is 0. The van der Waals surface area contributed by atoms with E-state index in [1.54, 1.807) is 19.1 Å². The fourth-order valence-corrected chi connectivity index (χ4v) is 0.625. The summed E-state index contributed by atoms with van der Waals surface area (Å²) in [6.45, 7) is 6.91. The van der Waals surface area contributed by atoms with Crippen LogP contribution in [0.4, 0.5) is 0 Å². The average Bonchev–Trinajstić information content (AvgIpc) is 2.00. The number of rotatable bonds is 6. The molecular formula is C10H18N2O. The molecule has 0 spiro atoms. The molecule has 0 aliphatic carbocycles. The van der Waals surface area contributed by atoms with Crippen molar-refractivity contribution in [2.75, 3.05) is 27.2 Å². The van der Waals surface area contributed by atoms with Crippen molar-refractivity contribution >= 4 is 5.71 Å². The van der Waals surface area contributed by atoms with Crippen molar-refractivity contribution < 1.29 is 4.74 Å². The fourth-order valence-electron chi connectivity index (χ4n) is 0.625. The van der Waals surface area contributed by atoms with Gasteiger partial charge in [0.05, 0.1) is 0 Å². The molecule has 0 aliphatic heterocycles. The Bertz CT molecular complexity index is 207. The molecule has 0 rings (SSSR count). The highest BCUT2D eigenvalue weighted by Gasteiger charge is 1.91. The Balaban J connectivity index is 3.58. The van der Waals surface area contributed by atoms with Gasteiger partial charge in [0.1, 0.15) is 12.4 Å². The molecule has 0 bridgehead atoms. The van der Waals surface area contributed by atoms with E-state index in [9.17, 15) is 0 Å². The third kappa shape index (κ3) is 8.82. The lowest BCUT2D eigenvalue weighted by Crippen LogP contribution is -2.17. The Morgan fingerprint density at radius 1 is 1.46 bits per heavy atom. The third-order valence-electron chi connectivity index (χ3n) is 1.35. The lowest BCUT2D eigenvalue weighted by molar-refractivity contribution is 0.194. The minimum absolute atomic E-state index is 0.498. The van der Waals surface area contributed by atoms with Gasteiger partial charge in [-0.1, -0.05) is 6.58 Å². The number of nitrogens with zero attached hydrogens (tertiary/aromatic N) is 1. The minimum Gasteiger partial charge on any atom is -0.493 e. The van der Waals surface area contributed by atoms with Gasteiger partial charge in [0, 0.05) is 12.3 Å². The highest BCUT2D eigenvalue weighted by molar-refractivity contribution is 5.90. The molecular weight excluding hydrogens is 164 g/mol. The first-order chi connectivity index (χ1) is 6.02. The van der Waals surface area contributed by atoms with Crippen molar-refractivity contribution in [2.24, 2.45) is 0 Å². The predicted octanol–water partition coefficient (Wildman–Crippen LogP) is 1.67. The van der Waals surface area contributed by atoms with Crippen LogP contribution in [0, 0.1) is 5.41 Å². The van der Waals surface area contributed by atoms with Gasteiger partial charge < -0.3 is 15.0 Å². The summed E-state index contributed by atoms with van der Waals surface area (Å²) in [5.74, 6) is 0.605. The van der Waals surface area contributed by atoms with E-state index < -0.39 is 0 Å². The van der Waals surface area contributed by atoms with E-state index in [0.29, 0.717) is 18.1 Å². The lowest BCUT2D eigenvalue weighted by atomic mass is 10.3. The van der Waals surface area contributed by atoms with E-state index in [0.717, 1.165) is 6.54 Å². The van der Waals surface area contributed by atoms with Crippen molar-refractivity contribution in [3.05, 3.63) is 24.5 Å². The average molecular weight is 182 g/mol. The second kappa shape index (κ2) is 6.43. The maximum Gasteiger partial charge on any atom is 0.112 e. The summed E-state index contributed by atoms with van der Waals surface area (Å²) in [4.78, 5) is 2.04. The highest BCUT2D eigenvalue weighted by atomic mass is 16.5. The van der Waals surface area contributed by atoms with Crippen LogP contribution in [0.5, 0.6) is 0 Å². The van der Waals surface area contributed by atoms with E-state index in [1.807, 2.05) is 19.0 Å². The number of likely N-dealkylation sites (N-methyl/N-ethyl adjacent to an activating group) is 1. The van der Waals surface area contributed by atoms with Gasteiger partial charge in [0.2, 0.25) is 0 Å². The molecule has 0 amide bonds. The maximum absolute atomic E-state index is 7.14. The number of ether oxygens (including phenoxy) is 1. The molecule has 13 heavy (non-hydrogen) atoms. The Hall–Kier alpha value is -1.09. The van der Waals surface area contributed by atoms with E-state index in [4.69, 9.17) is 10.1 Å². The molecule has 0 aromatic heterocycles. The monoisotopic (exact) mass is 182 g/mol. The Morgan fingerprint density at radius 3 is 2.54 bits per heavy atom. The number of hydrogen-bond donors (Lipinski definition) is 1. The Kier molecular flexibility index (Phi) is 5.89. The van der Waals surface area contributed by atoms with Crippen LogP contribution in [0.25, 0.3) is 0 Å². The Morgan fingerprint density at radius 2 is 2.08 bits per heavy atom. The second-order valence-corrected chi connectivity index (χ2v) is 3.13. The molecule has 74 valence electrons. The molecule has 3 heteroatoms. The second-order valence-electron chi connectivity index (χ2n) is 3.13. The van der Waals surface area contributed by atoms with Crippen LogP contribution in [0.3, 0.4) is 0 Å². The van der Waals surface area contributed by atoms with Crippen molar-refractivity contribution in [1.82, 2.24) is 4.90 Å².